The molecular weight excluding hydrogens is 208 g/mol. The van der Waals surface area contributed by atoms with Crippen LogP contribution < -0.4 is 4.74 Å². The van der Waals surface area contributed by atoms with Gasteiger partial charge in [0.25, 0.3) is 0 Å². The first-order chi connectivity index (χ1) is 7.54. The Morgan fingerprint density at radius 1 is 1.31 bits per heavy atom. The van der Waals surface area contributed by atoms with Crippen LogP contribution in [0.15, 0.2) is 24.3 Å². The molecule has 1 unspecified atom stereocenters. The largest absolute Gasteiger partial charge is 0.497 e. The number of carbonyl (C=O) groups is 1. The highest BCUT2D eigenvalue weighted by atomic mass is 16.5. The lowest BCUT2D eigenvalue weighted by atomic mass is 9.83. The van der Waals surface area contributed by atoms with Crippen LogP contribution in [0.4, 0.5) is 0 Å². The van der Waals surface area contributed by atoms with Gasteiger partial charge in [0.1, 0.15) is 11.2 Å². The van der Waals surface area contributed by atoms with Crippen LogP contribution in [0.5, 0.6) is 5.75 Å². The first-order valence-electron chi connectivity index (χ1n) is 4.91. The lowest BCUT2D eigenvalue weighted by Gasteiger charge is -2.24. The quantitative estimate of drug-likeness (QED) is 0.826. The van der Waals surface area contributed by atoms with E-state index >= 15 is 0 Å². The summed E-state index contributed by atoms with van der Waals surface area (Å²) < 4.78 is 9.99. The maximum atomic E-state index is 11.3. The average Bonchev–Trinajstić information content (AvgIpc) is 2.29. The Bertz CT molecular complexity index is 358. The SMILES string of the molecule is COCC(C)(C(=O)O)c1ccc(OC)cc1. The number of carboxylic acids is 1. The number of hydrogen-bond acceptors (Lipinski definition) is 3. The molecule has 4 nitrogen and oxygen atoms in total. The zero-order chi connectivity index (χ0) is 12.2. The number of benzene rings is 1. The van der Waals surface area contributed by atoms with Gasteiger partial charge in [0.2, 0.25) is 0 Å². The van der Waals surface area contributed by atoms with Crippen molar-refractivity contribution < 1.29 is 19.4 Å². The molecule has 4 heteroatoms. The molecule has 0 saturated carbocycles. The van der Waals surface area contributed by atoms with Crippen LogP contribution in [0.3, 0.4) is 0 Å². The van der Waals surface area contributed by atoms with E-state index in [0.717, 1.165) is 0 Å². The molecule has 0 aromatic heterocycles. The van der Waals surface area contributed by atoms with E-state index < -0.39 is 11.4 Å². The third-order valence-corrected chi connectivity index (χ3v) is 2.63. The number of aliphatic carboxylic acids is 1. The van der Waals surface area contributed by atoms with Crippen LogP contribution in [0.25, 0.3) is 0 Å². The Labute approximate surface area is 94.8 Å². The highest BCUT2D eigenvalue weighted by Crippen LogP contribution is 2.26. The molecule has 1 aromatic carbocycles. The summed E-state index contributed by atoms with van der Waals surface area (Å²) in [6.45, 7) is 1.77. The molecule has 0 fully saturated rings. The van der Waals surface area contributed by atoms with E-state index in [1.54, 1.807) is 38.3 Å². The summed E-state index contributed by atoms with van der Waals surface area (Å²) in [4.78, 5) is 11.3. The van der Waals surface area contributed by atoms with E-state index in [2.05, 4.69) is 0 Å². The van der Waals surface area contributed by atoms with Gasteiger partial charge in [-0.1, -0.05) is 12.1 Å². The summed E-state index contributed by atoms with van der Waals surface area (Å²) in [6.07, 6.45) is 0. The van der Waals surface area contributed by atoms with E-state index in [1.807, 2.05) is 0 Å². The topological polar surface area (TPSA) is 55.8 Å². The second-order valence-electron chi connectivity index (χ2n) is 3.80. The Morgan fingerprint density at radius 3 is 2.25 bits per heavy atom. The van der Waals surface area contributed by atoms with Gasteiger partial charge in [0, 0.05) is 7.11 Å². The second kappa shape index (κ2) is 4.99. The molecule has 1 aromatic rings. The molecule has 0 heterocycles. The summed E-state index contributed by atoms with van der Waals surface area (Å²) >= 11 is 0. The minimum absolute atomic E-state index is 0.134. The Morgan fingerprint density at radius 2 is 1.88 bits per heavy atom. The third-order valence-electron chi connectivity index (χ3n) is 2.63. The molecule has 0 aliphatic heterocycles. The highest BCUT2D eigenvalue weighted by molar-refractivity contribution is 5.81. The van der Waals surface area contributed by atoms with E-state index in [9.17, 15) is 9.90 Å². The fourth-order valence-corrected chi connectivity index (χ4v) is 1.52. The smallest absolute Gasteiger partial charge is 0.316 e. The van der Waals surface area contributed by atoms with Crippen LogP contribution in [0, 0.1) is 0 Å². The fraction of sp³-hybridized carbons (Fsp3) is 0.417. The lowest BCUT2D eigenvalue weighted by Crippen LogP contribution is -2.36. The maximum Gasteiger partial charge on any atom is 0.316 e. The predicted octanol–water partition coefficient (Wildman–Crippen LogP) is 1.68. The molecule has 1 N–H and O–H groups in total. The van der Waals surface area contributed by atoms with Gasteiger partial charge >= 0.3 is 5.97 Å². The summed E-state index contributed by atoms with van der Waals surface area (Å²) in [6, 6.07) is 6.97. The first kappa shape index (κ1) is 12.5. The molecule has 0 aliphatic carbocycles. The lowest BCUT2D eigenvalue weighted by molar-refractivity contribution is -0.145. The van der Waals surface area contributed by atoms with Crippen molar-refractivity contribution in [2.45, 2.75) is 12.3 Å². The summed E-state index contributed by atoms with van der Waals surface area (Å²) in [7, 11) is 3.06. The van der Waals surface area contributed by atoms with Crippen molar-refractivity contribution in [2.75, 3.05) is 20.8 Å². The number of methoxy groups -OCH3 is 2. The van der Waals surface area contributed by atoms with Gasteiger partial charge in [0.15, 0.2) is 0 Å². The van der Waals surface area contributed by atoms with Crippen molar-refractivity contribution in [1.29, 1.82) is 0 Å². The van der Waals surface area contributed by atoms with Crippen molar-refractivity contribution >= 4 is 5.97 Å². The summed E-state index contributed by atoms with van der Waals surface area (Å²) in [5.41, 5.74) is -0.330. The molecule has 1 atom stereocenters. The molecule has 88 valence electrons. The number of carboxylic acid groups (broad SMARTS) is 1. The summed E-state index contributed by atoms with van der Waals surface area (Å²) in [5, 5.41) is 9.23. The van der Waals surface area contributed by atoms with E-state index in [1.165, 1.54) is 7.11 Å². The van der Waals surface area contributed by atoms with Crippen LogP contribution in [-0.4, -0.2) is 31.9 Å². The van der Waals surface area contributed by atoms with Crippen LogP contribution >= 0.6 is 0 Å². The normalized spacial score (nSPS) is 14.2. The van der Waals surface area contributed by atoms with Crippen LogP contribution in [0.2, 0.25) is 0 Å². The molecular formula is C12H16O4. The van der Waals surface area contributed by atoms with Crippen LogP contribution in [-0.2, 0) is 14.9 Å². The molecule has 1 rings (SSSR count). The van der Waals surface area contributed by atoms with Gasteiger partial charge in [-0.3, -0.25) is 4.79 Å². The molecule has 0 spiro atoms. The van der Waals surface area contributed by atoms with Crippen molar-refractivity contribution in [3.8, 4) is 5.75 Å². The Hall–Kier alpha value is -1.55. The molecule has 0 radical (unpaired) electrons. The van der Waals surface area contributed by atoms with E-state index in [-0.39, 0.29) is 6.61 Å². The summed E-state index contributed by atoms with van der Waals surface area (Å²) in [5.74, 6) is -0.201. The minimum atomic E-state index is -1.03. The standard InChI is InChI=1S/C12H16O4/c1-12(8-15-2,11(13)14)9-4-6-10(16-3)7-5-9/h4-7H,8H2,1-3H3,(H,13,14). The van der Waals surface area contributed by atoms with Gasteiger partial charge < -0.3 is 14.6 Å². The molecule has 0 aliphatic rings. The zero-order valence-electron chi connectivity index (χ0n) is 9.69. The predicted molar refractivity (Wildman–Crippen MR) is 59.9 cm³/mol. The molecule has 0 bridgehead atoms. The molecule has 0 amide bonds. The average molecular weight is 224 g/mol. The van der Waals surface area contributed by atoms with Gasteiger partial charge in [0.05, 0.1) is 13.7 Å². The monoisotopic (exact) mass is 224 g/mol. The maximum absolute atomic E-state index is 11.3. The van der Waals surface area contributed by atoms with Crippen molar-refractivity contribution in [3.05, 3.63) is 29.8 Å². The van der Waals surface area contributed by atoms with Gasteiger partial charge in [-0.15, -0.1) is 0 Å². The van der Waals surface area contributed by atoms with Gasteiger partial charge in [-0.25, -0.2) is 0 Å². The van der Waals surface area contributed by atoms with Gasteiger partial charge in [-0.05, 0) is 24.6 Å². The fourth-order valence-electron chi connectivity index (χ4n) is 1.52. The zero-order valence-corrected chi connectivity index (χ0v) is 9.69. The number of rotatable bonds is 5. The van der Waals surface area contributed by atoms with Crippen molar-refractivity contribution in [3.63, 3.8) is 0 Å². The van der Waals surface area contributed by atoms with E-state index in [4.69, 9.17) is 9.47 Å². The van der Waals surface area contributed by atoms with Crippen molar-refractivity contribution in [2.24, 2.45) is 0 Å². The highest BCUT2D eigenvalue weighted by Gasteiger charge is 2.35. The Balaban J connectivity index is 3.06. The van der Waals surface area contributed by atoms with Crippen molar-refractivity contribution in [1.82, 2.24) is 0 Å². The second-order valence-corrected chi connectivity index (χ2v) is 3.80. The minimum Gasteiger partial charge on any atom is -0.497 e. The third kappa shape index (κ3) is 2.33. The van der Waals surface area contributed by atoms with Gasteiger partial charge in [-0.2, -0.15) is 0 Å². The van der Waals surface area contributed by atoms with E-state index in [0.29, 0.717) is 11.3 Å². The Kier molecular flexibility index (Phi) is 3.90. The molecule has 16 heavy (non-hydrogen) atoms. The number of ether oxygens (including phenoxy) is 2. The first-order valence-corrected chi connectivity index (χ1v) is 4.91. The number of hydrogen-bond donors (Lipinski definition) is 1. The molecule has 0 saturated heterocycles. The van der Waals surface area contributed by atoms with Crippen LogP contribution in [0.1, 0.15) is 12.5 Å².